The molecule has 3 unspecified atom stereocenters. The van der Waals surface area contributed by atoms with Crippen LogP contribution in [0.3, 0.4) is 0 Å². The van der Waals surface area contributed by atoms with Gasteiger partial charge in [0, 0.05) is 10.8 Å². The van der Waals surface area contributed by atoms with E-state index in [1.807, 2.05) is 13.8 Å². The van der Waals surface area contributed by atoms with Crippen LogP contribution in [0.1, 0.15) is 40.0 Å². The molecule has 0 spiro atoms. The maximum atomic E-state index is 11.1. The first kappa shape index (κ1) is 9.20. The number of hydrogen-bond donors (Lipinski definition) is 1. The Bertz CT molecular complexity index is 252. The van der Waals surface area contributed by atoms with Crippen molar-refractivity contribution in [1.29, 1.82) is 0 Å². The van der Waals surface area contributed by atoms with Gasteiger partial charge in [-0.25, -0.2) is 0 Å². The van der Waals surface area contributed by atoms with Crippen LogP contribution in [0.2, 0.25) is 0 Å². The molecule has 2 aliphatic rings. The molecule has 3 atom stereocenters. The topological polar surface area (TPSA) is 37.3 Å². The molecule has 2 nitrogen and oxygen atoms in total. The molecule has 2 rings (SSSR count). The second kappa shape index (κ2) is 2.17. The summed E-state index contributed by atoms with van der Waals surface area (Å²) in [5.74, 6) is 0.521. The maximum absolute atomic E-state index is 11.1. The number of aliphatic hydroxyl groups is 1. The minimum atomic E-state index is -1.09. The fourth-order valence-corrected chi connectivity index (χ4v) is 3.59. The molecule has 0 heterocycles. The lowest BCUT2D eigenvalue weighted by molar-refractivity contribution is -0.159. The highest BCUT2D eigenvalue weighted by Gasteiger charge is 2.68. The van der Waals surface area contributed by atoms with Crippen LogP contribution in [0.15, 0.2) is 0 Å². The monoisotopic (exact) mass is 182 g/mol. The highest BCUT2D eigenvalue weighted by atomic mass is 16.3. The number of fused-ring (bicyclic) bond motifs is 2. The molecule has 2 bridgehead atoms. The Morgan fingerprint density at radius 1 is 1.38 bits per heavy atom. The fourth-order valence-electron chi connectivity index (χ4n) is 3.59. The van der Waals surface area contributed by atoms with Crippen LogP contribution < -0.4 is 0 Å². The van der Waals surface area contributed by atoms with Gasteiger partial charge in [-0.1, -0.05) is 20.8 Å². The van der Waals surface area contributed by atoms with Gasteiger partial charge in [0.1, 0.15) is 5.60 Å². The van der Waals surface area contributed by atoms with Crippen molar-refractivity contribution in [2.45, 2.75) is 45.6 Å². The van der Waals surface area contributed by atoms with Gasteiger partial charge in [0.2, 0.25) is 0 Å². The molecule has 1 N–H and O–H groups in total. The Morgan fingerprint density at radius 2 is 2.00 bits per heavy atom. The fraction of sp³-hybridized carbons (Fsp3) is 0.909. The summed E-state index contributed by atoms with van der Waals surface area (Å²) < 4.78 is 0. The Balaban J connectivity index is 2.51. The third-order valence-electron chi connectivity index (χ3n) is 4.84. The molecule has 2 heteroatoms. The zero-order valence-corrected chi connectivity index (χ0v) is 8.63. The van der Waals surface area contributed by atoms with E-state index in [-0.39, 0.29) is 10.8 Å². The van der Waals surface area contributed by atoms with Crippen LogP contribution >= 0.6 is 0 Å². The van der Waals surface area contributed by atoms with Crippen LogP contribution in [0, 0.1) is 16.7 Å². The van der Waals surface area contributed by atoms with E-state index in [1.165, 1.54) is 6.42 Å². The van der Waals surface area contributed by atoms with Crippen LogP contribution in [0.5, 0.6) is 0 Å². The van der Waals surface area contributed by atoms with Gasteiger partial charge in [-0.15, -0.1) is 0 Å². The number of carbonyl (C=O) groups excluding carboxylic acids is 1. The highest BCUT2D eigenvalue weighted by molar-refractivity contribution is 5.67. The molecule has 2 fully saturated rings. The normalized spacial score (nSPS) is 52.5. The van der Waals surface area contributed by atoms with Crippen molar-refractivity contribution >= 4 is 6.29 Å². The van der Waals surface area contributed by atoms with E-state index in [2.05, 4.69) is 6.92 Å². The van der Waals surface area contributed by atoms with E-state index in [0.717, 1.165) is 19.1 Å². The second-order valence-electron chi connectivity index (χ2n) is 5.61. The molecule has 0 aliphatic heterocycles. The van der Waals surface area contributed by atoms with Gasteiger partial charge in [0.15, 0.2) is 6.29 Å². The van der Waals surface area contributed by atoms with Crippen molar-refractivity contribution in [2.24, 2.45) is 16.7 Å². The van der Waals surface area contributed by atoms with E-state index in [9.17, 15) is 9.90 Å². The van der Waals surface area contributed by atoms with Crippen LogP contribution in [-0.2, 0) is 4.79 Å². The summed E-state index contributed by atoms with van der Waals surface area (Å²) in [5.41, 5.74) is -1.49. The summed E-state index contributed by atoms with van der Waals surface area (Å²) >= 11 is 0. The Kier molecular flexibility index (Phi) is 1.53. The predicted molar refractivity (Wildman–Crippen MR) is 50.2 cm³/mol. The predicted octanol–water partition coefficient (Wildman–Crippen LogP) is 1.76. The molecule has 0 aromatic carbocycles. The third-order valence-corrected chi connectivity index (χ3v) is 4.84. The summed E-state index contributed by atoms with van der Waals surface area (Å²) in [6.45, 7) is 6.10. The van der Waals surface area contributed by atoms with Gasteiger partial charge in [0.25, 0.3) is 0 Å². The molecule has 74 valence electrons. The van der Waals surface area contributed by atoms with Crippen molar-refractivity contribution in [1.82, 2.24) is 0 Å². The van der Waals surface area contributed by atoms with E-state index in [1.54, 1.807) is 0 Å². The molecular weight excluding hydrogens is 164 g/mol. The third kappa shape index (κ3) is 0.762. The van der Waals surface area contributed by atoms with E-state index in [4.69, 9.17) is 0 Å². The molecule has 0 saturated heterocycles. The highest BCUT2D eigenvalue weighted by Crippen LogP contribution is 2.67. The summed E-state index contributed by atoms with van der Waals surface area (Å²) in [5, 5.41) is 10.4. The molecule has 13 heavy (non-hydrogen) atoms. The van der Waals surface area contributed by atoms with Gasteiger partial charge in [-0.3, -0.25) is 0 Å². The Morgan fingerprint density at radius 3 is 2.31 bits per heavy atom. The first-order valence-corrected chi connectivity index (χ1v) is 5.06. The summed E-state index contributed by atoms with van der Waals surface area (Å²) in [6.07, 6.45) is 3.96. The van der Waals surface area contributed by atoms with Crippen molar-refractivity contribution in [3.8, 4) is 0 Å². The van der Waals surface area contributed by atoms with Crippen LogP contribution in [0.4, 0.5) is 0 Å². The van der Waals surface area contributed by atoms with Gasteiger partial charge in [-0.05, 0) is 25.2 Å². The molecule has 0 amide bonds. The molecule has 2 aliphatic carbocycles. The Hall–Kier alpha value is -0.370. The quantitative estimate of drug-likeness (QED) is 0.627. The first-order valence-electron chi connectivity index (χ1n) is 5.06. The smallest absolute Gasteiger partial charge is 0.152 e. The zero-order chi connectivity index (χ0) is 9.91. The SMILES string of the molecule is CC12CCC(C1)C(C)(C)C2(O)C=O. The zero-order valence-electron chi connectivity index (χ0n) is 8.63. The molecule has 0 aromatic rings. The lowest BCUT2D eigenvalue weighted by Crippen LogP contribution is -2.55. The lowest BCUT2D eigenvalue weighted by Gasteiger charge is -2.46. The second-order valence-corrected chi connectivity index (χ2v) is 5.61. The molecule has 0 radical (unpaired) electrons. The molecule has 0 aromatic heterocycles. The summed E-state index contributed by atoms with van der Waals surface area (Å²) in [7, 11) is 0. The van der Waals surface area contributed by atoms with Gasteiger partial charge in [-0.2, -0.15) is 0 Å². The minimum Gasteiger partial charge on any atom is -0.381 e. The Labute approximate surface area is 79.3 Å². The minimum absolute atomic E-state index is 0.164. The maximum Gasteiger partial charge on any atom is 0.152 e. The molecule has 2 saturated carbocycles. The lowest BCUT2D eigenvalue weighted by atomic mass is 9.61. The van der Waals surface area contributed by atoms with Crippen molar-refractivity contribution in [3.63, 3.8) is 0 Å². The largest absolute Gasteiger partial charge is 0.381 e. The standard InChI is InChI=1S/C11H18O2/c1-9(2)8-4-5-10(3,6-8)11(9,13)7-12/h7-8,13H,4-6H2,1-3H3. The van der Waals surface area contributed by atoms with Gasteiger partial charge < -0.3 is 9.90 Å². The van der Waals surface area contributed by atoms with Gasteiger partial charge in [0.05, 0.1) is 0 Å². The van der Waals surface area contributed by atoms with Crippen molar-refractivity contribution in [3.05, 3.63) is 0 Å². The number of hydrogen-bond acceptors (Lipinski definition) is 2. The molecular formula is C11H18O2. The average molecular weight is 182 g/mol. The summed E-state index contributed by atoms with van der Waals surface area (Å²) in [4.78, 5) is 11.1. The summed E-state index contributed by atoms with van der Waals surface area (Å²) in [6, 6.07) is 0. The van der Waals surface area contributed by atoms with E-state index in [0.29, 0.717) is 5.92 Å². The number of aldehydes is 1. The van der Waals surface area contributed by atoms with E-state index >= 15 is 0 Å². The van der Waals surface area contributed by atoms with Crippen molar-refractivity contribution in [2.75, 3.05) is 0 Å². The van der Waals surface area contributed by atoms with E-state index < -0.39 is 5.60 Å². The average Bonchev–Trinajstić information content (AvgIpc) is 2.51. The van der Waals surface area contributed by atoms with Crippen molar-refractivity contribution < 1.29 is 9.90 Å². The first-order chi connectivity index (χ1) is 5.87. The van der Waals surface area contributed by atoms with Gasteiger partial charge >= 0.3 is 0 Å². The number of rotatable bonds is 1. The number of carbonyl (C=O) groups is 1. The van der Waals surface area contributed by atoms with Crippen LogP contribution in [-0.4, -0.2) is 17.0 Å². The van der Waals surface area contributed by atoms with Crippen LogP contribution in [0.25, 0.3) is 0 Å².